The second-order valence-corrected chi connectivity index (χ2v) is 4.88. The zero-order valence-electron chi connectivity index (χ0n) is 10.6. The molecule has 0 aliphatic heterocycles. The maximum absolute atomic E-state index is 5.71. The van der Waals surface area contributed by atoms with E-state index in [-0.39, 0.29) is 0 Å². The Morgan fingerprint density at radius 3 is 2.84 bits per heavy atom. The maximum atomic E-state index is 5.71. The lowest BCUT2D eigenvalue weighted by molar-refractivity contribution is 0.458. The number of nitrogens with zero attached hydrogens (tertiary/aromatic N) is 2. The van der Waals surface area contributed by atoms with E-state index in [4.69, 9.17) is 10.6 Å². The molecule has 0 saturated carbocycles. The molecule has 0 amide bonds. The fourth-order valence-corrected chi connectivity index (χ4v) is 1.96. The number of nitrogen functional groups attached to an aromatic ring is 1. The van der Waals surface area contributed by atoms with Crippen LogP contribution < -0.4 is 16.0 Å². The van der Waals surface area contributed by atoms with Crippen molar-refractivity contribution < 1.29 is 4.74 Å². The Bertz CT molecular complexity index is 562. The molecule has 0 saturated heterocycles. The molecular formula is C13H15BrN4O. The van der Waals surface area contributed by atoms with Crippen LogP contribution in [0.15, 0.2) is 34.8 Å². The third-order valence-corrected chi connectivity index (χ3v) is 2.88. The molecule has 0 spiro atoms. The number of anilines is 1. The molecule has 2 aromatic rings. The largest absolute Gasteiger partial charge is 0.439 e. The van der Waals surface area contributed by atoms with Crippen LogP contribution in [0.3, 0.4) is 0 Å². The Hall–Kier alpha value is -1.66. The van der Waals surface area contributed by atoms with Gasteiger partial charge in [-0.3, -0.25) is 0 Å². The highest BCUT2D eigenvalue weighted by atomic mass is 79.9. The predicted molar refractivity (Wildman–Crippen MR) is 78.1 cm³/mol. The standard InChI is InChI=1S/C13H15BrN4O/c1-2-4-11-16-12(18-15)8-13(17-11)19-10-6-3-5-9(14)7-10/h3,5-8H,2,4,15H2,1H3,(H,16,17,18). The summed E-state index contributed by atoms with van der Waals surface area (Å²) in [6.45, 7) is 2.07. The minimum Gasteiger partial charge on any atom is -0.439 e. The lowest BCUT2D eigenvalue weighted by atomic mass is 10.3. The molecule has 0 atom stereocenters. The topological polar surface area (TPSA) is 73.1 Å². The number of aryl methyl sites for hydroxylation is 1. The van der Waals surface area contributed by atoms with Gasteiger partial charge < -0.3 is 10.2 Å². The van der Waals surface area contributed by atoms with Crippen molar-refractivity contribution in [2.45, 2.75) is 19.8 Å². The monoisotopic (exact) mass is 322 g/mol. The van der Waals surface area contributed by atoms with Crippen molar-refractivity contribution in [3.8, 4) is 11.6 Å². The molecule has 3 N–H and O–H groups in total. The fraction of sp³-hybridized carbons (Fsp3) is 0.231. The number of nitrogens with two attached hydrogens (primary N) is 1. The smallest absolute Gasteiger partial charge is 0.224 e. The molecule has 0 aliphatic rings. The van der Waals surface area contributed by atoms with E-state index in [1.54, 1.807) is 6.07 Å². The van der Waals surface area contributed by atoms with Gasteiger partial charge in [-0.2, -0.15) is 4.98 Å². The van der Waals surface area contributed by atoms with E-state index >= 15 is 0 Å². The SMILES string of the molecule is CCCc1nc(NN)cc(Oc2cccc(Br)c2)n1. The molecule has 1 aromatic carbocycles. The Morgan fingerprint density at radius 1 is 1.32 bits per heavy atom. The molecule has 100 valence electrons. The molecule has 19 heavy (non-hydrogen) atoms. The van der Waals surface area contributed by atoms with Crippen molar-refractivity contribution in [3.05, 3.63) is 40.6 Å². The van der Waals surface area contributed by atoms with Gasteiger partial charge in [-0.05, 0) is 24.6 Å². The molecule has 0 bridgehead atoms. The molecule has 5 nitrogen and oxygen atoms in total. The summed E-state index contributed by atoms with van der Waals surface area (Å²) < 4.78 is 6.66. The first-order valence-corrected chi connectivity index (χ1v) is 6.78. The van der Waals surface area contributed by atoms with Crippen LogP contribution in [0.25, 0.3) is 0 Å². The van der Waals surface area contributed by atoms with Crippen molar-refractivity contribution in [2.24, 2.45) is 5.84 Å². The summed E-state index contributed by atoms with van der Waals surface area (Å²) in [5, 5.41) is 0. The van der Waals surface area contributed by atoms with Crippen LogP contribution in [0.5, 0.6) is 11.6 Å². The summed E-state index contributed by atoms with van der Waals surface area (Å²) in [6, 6.07) is 9.23. The number of benzene rings is 1. The van der Waals surface area contributed by atoms with Gasteiger partial charge in [0, 0.05) is 17.0 Å². The molecule has 1 aromatic heterocycles. The Kier molecular flexibility index (Phi) is 4.70. The molecule has 0 unspecified atom stereocenters. The quantitative estimate of drug-likeness (QED) is 0.653. The highest BCUT2D eigenvalue weighted by Gasteiger charge is 2.06. The lowest BCUT2D eigenvalue weighted by Crippen LogP contribution is -2.10. The Labute approximate surface area is 120 Å². The van der Waals surface area contributed by atoms with Crippen LogP contribution in [0.4, 0.5) is 5.82 Å². The molecule has 0 fully saturated rings. The third-order valence-electron chi connectivity index (χ3n) is 2.39. The molecule has 0 radical (unpaired) electrons. The van der Waals surface area contributed by atoms with E-state index in [9.17, 15) is 0 Å². The van der Waals surface area contributed by atoms with Gasteiger partial charge in [-0.1, -0.05) is 28.9 Å². The summed E-state index contributed by atoms with van der Waals surface area (Å²) in [7, 11) is 0. The zero-order chi connectivity index (χ0) is 13.7. The van der Waals surface area contributed by atoms with E-state index < -0.39 is 0 Å². The lowest BCUT2D eigenvalue weighted by Gasteiger charge is -2.08. The van der Waals surface area contributed by atoms with Crippen LogP contribution in [0.1, 0.15) is 19.2 Å². The van der Waals surface area contributed by atoms with Gasteiger partial charge >= 0.3 is 0 Å². The van der Waals surface area contributed by atoms with Gasteiger partial charge in [0.25, 0.3) is 0 Å². The van der Waals surface area contributed by atoms with Crippen molar-refractivity contribution in [1.29, 1.82) is 0 Å². The number of halogens is 1. The second-order valence-electron chi connectivity index (χ2n) is 3.96. The summed E-state index contributed by atoms with van der Waals surface area (Å²) in [6.07, 6.45) is 1.74. The average Bonchev–Trinajstić information content (AvgIpc) is 2.39. The molecular weight excluding hydrogens is 308 g/mol. The molecule has 2 rings (SSSR count). The number of nitrogens with one attached hydrogen (secondary N) is 1. The molecule has 1 heterocycles. The number of ether oxygens (including phenoxy) is 1. The highest BCUT2D eigenvalue weighted by Crippen LogP contribution is 2.24. The van der Waals surface area contributed by atoms with Crippen LogP contribution in [-0.4, -0.2) is 9.97 Å². The van der Waals surface area contributed by atoms with Crippen molar-refractivity contribution >= 4 is 21.7 Å². The zero-order valence-corrected chi connectivity index (χ0v) is 12.1. The van der Waals surface area contributed by atoms with Crippen molar-refractivity contribution in [1.82, 2.24) is 9.97 Å². The highest BCUT2D eigenvalue weighted by molar-refractivity contribution is 9.10. The first-order valence-electron chi connectivity index (χ1n) is 5.99. The predicted octanol–water partition coefficient (Wildman–Crippen LogP) is 3.27. The first-order chi connectivity index (χ1) is 9.21. The fourth-order valence-electron chi connectivity index (χ4n) is 1.59. The van der Waals surface area contributed by atoms with Gasteiger partial charge in [-0.15, -0.1) is 0 Å². The summed E-state index contributed by atoms with van der Waals surface area (Å²) in [5.74, 6) is 7.84. The third kappa shape index (κ3) is 3.90. The van der Waals surface area contributed by atoms with Crippen LogP contribution in [-0.2, 0) is 6.42 Å². The number of hydrogen-bond acceptors (Lipinski definition) is 5. The molecule has 6 heteroatoms. The van der Waals surface area contributed by atoms with E-state index in [1.165, 1.54) is 0 Å². The van der Waals surface area contributed by atoms with Crippen LogP contribution in [0.2, 0.25) is 0 Å². The minimum atomic E-state index is 0.476. The Morgan fingerprint density at radius 2 is 2.16 bits per heavy atom. The van der Waals surface area contributed by atoms with Gasteiger partial charge in [0.15, 0.2) is 0 Å². The van der Waals surface area contributed by atoms with E-state index in [0.717, 1.165) is 17.3 Å². The van der Waals surface area contributed by atoms with Crippen molar-refractivity contribution in [2.75, 3.05) is 5.43 Å². The summed E-state index contributed by atoms with van der Waals surface area (Å²) >= 11 is 3.40. The van der Waals surface area contributed by atoms with Gasteiger partial charge in [0.05, 0.1) is 0 Å². The van der Waals surface area contributed by atoms with E-state index in [0.29, 0.717) is 23.3 Å². The summed E-state index contributed by atoms with van der Waals surface area (Å²) in [4.78, 5) is 8.62. The average molecular weight is 323 g/mol. The van der Waals surface area contributed by atoms with Crippen LogP contribution >= 0.6 is 15.9 Å². The van der Waals surface area contributed by atoms with Crippen molar-refractivity contribution in [3.63, 3.8) is 0 Å². The van der Waals surface area contributed by atoms with E-state index in [2.05, 4.69) is 38.2 Å². The molecule has 0 aliphatic carbocycles. The maximum Gasteiger partial charge on any atom is 0.224 e. The van der Waals surface area contributed by atoms with Gasteiger partial charge in [-0.25, -0.2) is 10.8 Å². The second kappa shape index (κ2) is 6.49. The Balaban J connectivity index is 2.26. The number of hydrazine groups is 1. The minimum absolute atomic E-state index is 0.476. The van der Waals surface area contributed by atoms with E-state index in [1.807, 2.05) is 24.3 Å². The van der Waals surface area contributed by atoms with Crippen LogP contribution in [0, 0.1) is 0 Å². The summed E-state index contributed by atoms with van der Waals surface area (Å²) in [5.41, 5.74) is 2.52. The van der Waals surface area contributed by atoms with Gasteiger partial charge in [0.1, 0.15) is 17.4 Å². The normalized spacial score (nSPS) is 10.3. The number of rotatable bonds is 5. The van der Waals surface area contributed by atoms with Gasteiger partial charge in [0.2, 0.25) is 5.88 Å². The first kappa shape index (κ1) is 13.8. The number of hydrogen-bond donors (Lipinski definition) is 2. The number of aromatic nitrogens is 2.